The number of hydrogen-bond acceptors (Lipinski definition) is 7. The van der Waals surface area contributed by atoms with Crippen LogP contribution < -0.4 is 10.5 Å². The first-order chi connectivity index (χ1) is 22.5. The number of hydrogen-bond donors (Lipinski definition) is 3. The van der Waals surface area contributed by atoms with Crippen molar-refractivity contribution in [2.75, 3.05) is 12.3 Å². The summed E-state index contributed by atoms with van der Waals surface area (Å²) in [6.07, 6.45) is 13.1. The predicted octanol–water partition coefficient (Wildman–Crippen LogP) is 5.30. The summed E-state index contributed by atoms with van der Waals surface area (Å²) in [6, 6.07) is 13.3. The third kappa shape index (κ3) is 5.11. The van der Waals surface area contributed by atoms with Gasteiger partial charge in [0.05, 0.1) is 0 Å². The van der Waals surface area contributed by atoms with Crippen LogP contribution in [0.15, 0.2) is 78.4 Å². The molecule has 0 amide bonds. The molecule has 3 saturated carbocycles. The minimum absolute atomic E-state index is 0.0128. The number of carbonyl (C=O) groups excluding carboxylic acids is 1. The first kappa shape index (κ1) is 32.6. The number of nitrogen functional groups attached to an aromatic ring is 1. The van der Waals surface area contributed by atoms with Crippen molar-refractivity contribution in [3.8, 4) is 5.75 Å². The molecule has 7 rings (SSSR count). The van der Waals surface area contributed by atoms with Gasteiger partial charge in [-0.3, -0.25) is 0 Å². The molecule has 0 bridgehead atoms. The maximum atomic E-state index is 12.3. The zero-order valence-corrected chi connectivity index (χ0v) is 29.2. The Morgan fingerprint density at radius 3 is 2.85 bits per heavy atom. The zero-order chi connectivity index (χ0) is 33.1. The number of fused-ring (bicyclic) bond motifs is 7. The van der Waals surface area contributed by atoms with E-state index in [0.717, 1.165) is 45.6 Å². The molecule has 4 N–H and O–H groups in total. The molecular formula is C39H41NO6Os-2. The Morgan fingerprint density at radius 2 is 2.09 bits per heavy atom. The molecule has 4 fully saturated rings. The number of anilines is 1. The van der Waals surface area contributed by atoms with Crippen LogP contribution in [0.1, 0.15) is 62.5 Å². The first-order valence-electron chi connectivity index (χ1n) is 16.4. The standard InChI is InChI=1S/C39H41NO6.Os/c1-4-5-8-25-10-12-29(44-23-24-7-6-9-27(40)18-24)20-31(25)36-45-34-21-32-30-13-11-26-19-28(42)14-15-37(26,2)35(30)33(43)22-38(32,3)39(34,46-36)16-17-41;/h1,4-7,9-10,12,14-15,18-20,30,32-36,41,43H,11,13,17,21-23,40H2,2-3H3;/q-2;/t30-,32?,33-,34+,35?,36-,37-,38-,39+;/m0./s1. The van der Waals surface area contributed by atoms with Gasteiger partial charge in [-0.1, -0.05) is 0 Å². The fraction of sp³-hybridized carbons (Fsp3) is 0.436. The summed E-state index contributed by atoms with van der Waals surface area (Å²) in [7, 11) is 0. The molecule has 2 aromatic carbocycles. The average molecular weight is 810 g/mol. The van der Waals surface area contributed by atoms with E-state index in [9.17, 15) is 15.0 Å². The van der Waals surface area contributed by atoms with Gasteiger partial charge in [0, 0.05) is 0 Å². The first-order valence-corrected chi connectivity index (χ1v) is 17.6. The summed E-state index contributed by atoms with van der Waals surface area (Å²) in [5.74, 6) is 1.07. The second-order valence-corrected chi connectivity index (χ2v) is 15.6. The molecule has 8 heteroatoms. The monoisotopic (exact) mass is 811 g/mol. The average Bonchev–Trinajstić information content (AvgIpc) is 3.55. The summed E-state index contributed by atoms with van der Waals surface area (Å²) >= 11 is 1.68. The Labute approximate surface area is 286 Å². The summed E-state index contributed by atoms with van der Waals surface area (Å²) < 4.78 is 21.1. The van der Waals surface area contributed by atoms with E-state index in [-0.39, 0.29) is 41.7 Å². The van der Waals surface area contributed by atoms with Crippen LogP contribution in [-0.4, -0.2) is 44.5 Å². The molecule has 2 unspecified atom stereocenters. The van der Waals surface area contributed by atoms with Crippen molar-refractivity contribution < 1.29 is 47.4 Å². The summed E-state index contributed by atoms with van der Waals surface area (Å²) in [4.78, 5) is 12.3. The fourth-order valence-corrected chi connectivity index (χ4v) is 11.0. The van der Waals surface area contributed by atoms with Crippen LogP contribution in [-0.2, 0) is 39.0 Å². The van der Waals surface area contributed by atoms with E-state index >= 15 is 0 Å². The van der Waals surface area contributed by atoms with E-state index in [1.165, 1.54) is 6.08 Å². The van der Waals surface area contributed by atoms with E-state index < -0.39 is 23.4 Å². The van der Waals surface area contributed by atoms with Crippen LogP contribution in [0.5, 0.6) is 5.75 Å². The summed E-state index contributed by atoms with van der Waals surface area (Å²) in [5.41, 5.74) is 8.47. The molecule has 5 aliphatic rings. The van der Waals surface area contributed by atoms with E-state index in [2.05, 4.69) is 19.9 Å². The quantitative estimate of drug-likeness (QED) is 0.189. The Morgan fingerprint density at radius 1 is 1.26 bits per heavy atom. The molecule has 0 aromatic heterocycles. The van der Waals surface area contributed by atoms with Crippen LogP contribution >= 0.6 is 0 Å². The van der Waals surface area contributed by atoms with Crippen molar-refractivity contribution >= 4 is 15.5 Å². The molecule has 1 heterocycles. The minimum atomic E-state index is -0.906. The van der Waals surface area contributed by atoms with E-state index in [1.54, 1.807) is 36.4 Å². The van der Waals surface area contributed by atoms with Crippen molar-refractivity contribution in [3.63, 3.8) is 0 Å². The van der Waals surface area contributed by atoms with Gasteiger partial charge in [-0.05, 0) is 6.07 Å². The molecule has 7 nitrogen and oxygen atoms in total. The Balaban J connectivity index is 1.23. The molecule has 1 aliphatic heterocycles. The summed E-state index contributed by atoms with van der Waals surface area (Å²) in [6.45, 7) is 10.3. The number of benzene rings is 2. The number of rotatable bonds is 8. The molecular weight excluding hydrogens is 769 g/mol. The van der Waals surface area contributed by atoms with Crippen LogP contribution in [0.2, 0.25) is 0 Å². The van der Waals surface area contributed by atoms with Crippen LogP contribution in [0, 0.1) is 41.2 Å². The predicted molar refractivity (Wildman–Crippen MR) is 174 cm³/mol. The van der Waals surface area contributed by atoms with Crippen molar-refractivity contribution in [2.24, 2.45) is 28.6 Å². The topological polar surface area (TPSA) is 111 Å². The molecule has 248 valence electrons. The second kappa shape index (κ2) is 12.2. The second-order valence-electron chi connectivity index (χ2n) is 14.1. The van der Waals surface area contributed by atoms with Crippen molar-refractivity contribution in [1.82, 2.24) is 0 Å². The number of carbonyl (C=O) groups is 1. The summed E-state index contributed by atoms with van der Waals surface area (Å²) in [5, 5.41) is 22.7. The number of nitrogens with two attached hydrogens (primary N) is 1. The molecule has 0 spiro atoms. The number of aliphatic hydroxyl groups excluding tert-OH is 2. The molecule has 2 aromatic rings. The molecule has 47 heavy (non-hydrogen) atoms. The normalized spacial score (nSPS) is 37.1. The van der Waals surface area contributed by atoms with Crippen molar-refractivity contribution in [2.45, 2.75) is 70.2 Å². The number of ether oxygens (including phenoxy) is 3. The van der Waals surface area contributed by atoms with Gasteiger partial charge in [0.15, 0.2) is 0 Å². The number of allylic oxidation sites excluding steroid dienone is 6. The number of aliphatic hydroxyl groups is 2. The maximum absolute atomic E-state index is 12.3. The number of ketones is 1. The van der Waals surface area contributed by atoms with Gasteiger partial charge in [0.25, 0.3) is 0 Å². The molecule has 0 radical (unpaired) electrons. The van der Waals surface area contributed by atoms with E-state index in [4.69, 9.17) is 26.5 Å². The van der Waals surface area contributed by atoms with Crippen molar-refractivity contribution in [3.05, 3.63) is 108 Å². The SMILES string of the molecule is [CH-]=CC=[C-]c1ccc(OCc2cccc(N)c2)cc1[C@H]1O[C@@H]2CC3[C@@H]4CCC5=CC(=O)C=C[C@]5(C)C4[C@@H](O)C[C@]3(C)[C@]2([C](=[Os])CO)O1. The van der Waals surface area contributed by atoms with Gasteiger partial charge in [-0.2, -0.15) is 0 Å². The van der Waals surface area contributed by atoms with Gasteiger partial charge in [0.2, 0.25) is 0 Å². The molecule has 4 aliphatic carbocycles. The van der Waals surface area contributed by atoms with Crippen LogP contribution in [0.3, 0.4) is 0 Å². The Bertz CT molecular complexity index is 1710. The van der Waals surface area contributed by atoms with Gasteiger partial charge >= 0.3 is 276 Å². The van der Waals surface area contributed by atoms with Gasteiger partial charge in [0.1, 0.15) is 0 Å². The van der Waals surface area contributed by atoms with Gasteiger partial charge in [-0.25, -0.2) is 0 Å². The van der Waals surface area contributed by atoms with Crippen LogP contribution in [0.25, 0.3) is 0 Å². The van der Waals surface area contributed by atoms with Crippen molar-refractivity contribution in [1.29, 1.82) is 0 Å². The Hall–Kier alpha value is -2.98. The third-order valence-electron chi connectivity index (χ3n) is 11.7. The van der Waals surface area contributed by atoms with Crippen LogP contribution in [0.4, 0.5) is 5.69 Å². The fourth-order valence-electron chi connectivity index (χ4n) is 9.74. The zero-order valence-electron chi connectivity index (χ0n) is 26.7. The molecule has 1 saturated heterocycles. The van der Waals surface area contributed by atoms with Gasteiger partial charge in [-0.15, -0.1) is 0 Å². The van der Waals surface area contributed by atoms with Gasteiger partial charge < -0.3 is 5.73 Å². The molecule has 9 atom stereocenters. The van der Waals surface area contributed by atoms with E-state index in [1.807, 2.05) is 48.5 Å². The third-order valence-corrected chi connectivity index (χ3v) is 13.1. The Kier molecular flexibility index (Phi) is 8.43. The van der Waals surface area contributed by atoms with E-state index in [0.29, 0.717) is 24.5 Å².